The van der Waals surface area contributed by atoms with E-state index in [4.69, 9.17) is 9.84 Å². The minimum absolute atomic E-state index is 0.00176. The lowest BCUT2D eigenvalue weighted by molar-refractivity contribution is -0.137. The maximum Gasteiger partial charge on any atom is 0.304 e. The van der Waals surface area contributed by atoms with Gasteiger partial charge in [-0.2, -0.15) is 0 Å². The van der Waals surface area contributed by atoms with Gasteiger partial charge in [0.05, 0.1) is 19.1 Å². The Hall–Kier alpha value is -0.650. The summed E-state index contributed by atoms with van der Waals surface area (Å²) >= 11 is 0. The van der Waals surface area contributed by atoms with Crippen LogP contribution in [-0.4, -0.2) is 60.9 Å². The van der Waals surface area contributed by atoms with Crippen molar-refractivity contribution < 1.29 is 14.6 Å². The molecule has 1 heterocycles. The van der Waals surface area contributed by atoms with Crippen LogP contribution in [0, 0.1) is 0 Å². The van der Waals surface area contributed by atoms with Crippen molar-refractivity contribution in [2.75, 3.05) is 32.8 Å². The van der Waals surface area contributed by atoms with Gasteiger partial charge >= 0.3 is 5.97 Å². The van der Waals surface area contributed by atoms with Crippen LogP contribution in [0.1, 0.15) is 20.3 Å². The second-order valence-corrected chi connectivity index (χ2v) is 4.29. The van der Waals surface area contributed by atoms with Gasteiger partial charge in [-0.25, -0.2) is 0 Å². The molecule has 1 saturated heterocycles. The van der Waals surface area contributed by atoms with E-state index in [0.717, 1.165) is 32.8 Å². The Morgan fingerprint density at radius 1 is 1.69 bits per heavy atom. The van der Waals surface area contributed by atoms with E-state index in [1.54, 1.807) is 0 Å². The highest BCUT2D eigenvalue weighted by molar-refractivity contribution is 5.67. The predicted octanol–water partition coefficient (Wildman–Crippen LogP) is 0.160. The van der Waals surface area contributed by atoms with E-state index in [0.29, 0.717) is 0 Å². The van der Waals surface area contributed by atoms with Crippen LogP contribution in [0.3, 0.4) is 0 Å². The van der Waals surface area contributed by atoms with Crippen LogP contribution in [0.15, 0.2) is 0 Å². The molecule has 94 valence electrons. The maximum atomic E-state index is 10.5. The molecule has 5 heteroatoms. The second-order valence-electron chi connectivity index (χ2n) is 4.29. The van der Waals surface area contributed by atoms with Crippen molar-refractivity contribution in [3.05, 3.63) is 0 Å². The Kier molecular flexibility index (Phi) is 5.73. The first-order chi connectivity index (χ1) is 7.61. The third-order valence-electron chi connectivity index (χ3n) is 2.84. The molecule has 2 N–H and O–H groups in total. The Morgan fingerprint density at radius 2 is 2.44 bits per heavy atom. The lowest BCUT2D eigenvalue weighted by atomic mass is 10.2. The number of aliphatic carboxylic acids is 1. The Bertz CT molecular complexity index is 223. The van der Waals surface area contributed by atoms with Crippen molar-refractivity contribution in [1.82, 2.24) is 10.2 Å². The zero-order chi connectivity index (χ0) is 12.0. The van der Waals surface area contributed by atoms with Gasteiger partial charge in [0, 0.05) is 25.7 Å². The zero-order valence-electron chi connectivity index (χ0n) is 10.1. The molecule has 1 fully saturated rings. The molecule has 2 unspecified atom stereocenters. The number of carboxylic acids is 1. The van der Waals surface area contributed by atoms with Crippen LogP contribution in [0.25, 0.3) is 0 Å². The van der Waals surface area contributed by atoms with Crippen molar-refractivity contribution >= 4 is 5.97 Å². The molecule has 0 aromatic carbocycles. The average Bonchev–Trinajstić information content (AvgIpc) is 2.26. The molecule has 0 saturated carbocycles. The molecule has 1 aliphatic heterocycles. The van der Waals surface area contributed by atoms with E-state index in [9.17, 15) is 4.79 Å². The minimum Gasteiger partial charge on any atom is -0.481 e. The number of likely N-dealkylation sites (N-methyl/N-ethyl adjacent to an activating group) is 1. The van der Waals surface area contributed by atoms with Crippen molar-refractivity contribution in [3.8, 4) is 0 Å². The summed E-state index contributed by atoms with van der Waals surface area (Å²) in [6.07, 6.45) is 0.342. The summed E-state index contributed by atoms with van der Waals surface area (Å²) in [4.78, 5) is 12.8. The van der Waals surface area contributed by atoms with Gasteiger partial charge in [-0.3, -0.25) is 9.69 Å². The lowest BCUT2D eigenvalue weighted by Gasteiger charge is -2.32. The Labute approximate surface area is 96.8 Å². The summed E-state index contributed by atoms with van der Waals surface area (Å²) in [6, 6.07) is -0.00176. The number of hydrogen-bond donors (Lipinski definition) is 2. The standard InChI is InChI=1S/C11H22N2O3/c1-3-13-4-5-16-10(8-13)7-12-9(2)6-11(14)15/h9-10,12H,3-8H2,1-2H3,(H,14,15). The Morgan fingerprint density at radius 3 is 3.06 bits per heavy atom. The molecule has 16 heavy (non-hydrogen) atoms. The molecule has 1 aliphatic rings. The summed E-state index contributed by atoms with van der Waals surface area (Å²) in [7, 11) is 0. The molecular formula is C11H22N2O3. The third kappa shape index (κ3) is 4.92. The van der Waals surface area contributed by atoms with Crippen LogP contribution < -0.4 is 5.32 Å². The van der Waals surface area contributed by atoms with E-state index in [1.807, 2.05) is 6.92 Å². The summed E-state index contributed by atoms with van der Waals surface area (Å²) in [6.45, 7) is 8.50. The van der Waals surface area contributed by atoms with Gasteiger partial charge in [0.25, 0.3) is 0 Å². The molecular weight excluding hydrogens is 208 g/mol. The number of carbonyl (C=O) groups is 1. The zero-order valence-corrected chi connectivity index (χ0v) is 10.1. The molecule has 0 bridgehead atoms. The van der Waals surface area contributed by atoms with Crippen LogP contribution in [0.5, 0.6) is 0 Å². The van der Waals surface area contributed by atoms with Crippen molar-refractivity contribution in [1.29, 1.82) is 0 Å². The highest BCUT2D eigenvalue weighted by Gasteiger charge is 2.19. The highest BCUT2D eigenvalue weighted by atomic mass is 16.5. The molecule has 0 spiro atoms. The number of ether oxygens (including phenoxy) is 1. The number of hydrogen-bond acceptors (Lipinski definition) is 4. The highest BCUT2D eigenvalue weighted by Crippen LogP contribution is 2.04. The number of nitrogens with zero attached hydrogens (tertiary/aromatic N) is 1. The SMILES string of the molecule is CCN1CCOC(CNC(C)CC(=O)O)C1. The Balaban J connectivity index is 2.18. The van der Waals surface area contributed by atoms with Crippen molar-refractivity contribution in [3.63, 3.8) is 0 Å². The third-order valence-corrected chi connectivity index (χ3v) is 2.84. The molecule has 5 nitrogen and oxygen atoms in total. The molecule has 0 aromatic heterocycles. The van der Waals surface area contributed by atoms with Gasteiger partial charge in [0.1, 0.15) is 0 Å². The predicted molar refractivity (Wildman–Crippen MR) is 61.6 cm³/mol. The number of morpholine rings is 1. The van der Waals surface area contributed by atoms with Gasteiger partial charge in [0.2, 0.25) is 0 Å². The van der Waals surface area contributed by atoms with Gasteiger partial charge in [-0.1, -0.05) is 6.92 Å². The second kappa shape index (κ2) is 6.83. The molecule has 0 aromatic rings. The smallest absolute Gasteiger partial charge is 0.304 e. The molecule has 0 aliphatic carbocycles. The topological polar surface area (TPSA) is 61.8 Å². The molecule has 0 radical (unpaired) electrons. The number of nitrogens with one attached hydrogen (secondary N) is 1. The van der Waals surface area contributed by atoms with Gasteiger partial charge in [-0.05, 0) is 13.5 Å². The summed E-state index contributed by atoms with van der Waals surface area (Å²) in [5, 5.41) is 11.8. The van der Waals surface area contributed by atoms with E-state index < -0.39 is 5.97 Å². The van der Waals surface area contributed by atoms with Gasteiger partial charge in [-0.15, -0.1) is 0 Å². The molecule has 0 amide bonds. The van der Waals surface area contributed by atoms with Gasteiger partial charge < -0.3 is 15.2 Å². The lowest BCUT2D eigenvalue weighted by Crippen LogP contribution is -2.47. The quantitative estimate of drug-likeness (QED) is 0.680. The monoisotopic (exact) mass is 230 g/mol. The van der Waals surface area contributed by atoms with Crippen LogP contribution >= 0.6 is 0 Å². The largest absolute Gasteiger partial charge is 0.481 e. The van der Waals surface area contributed by atoms with Crippen LogP contribution in [-0.2, 0) is 9.53 Å². The van der Waals surface area contributed by atoms with E-state index >= 15 is 0 Å². The van der Waals surface area contributed by atoms with Crippen LogP contribution in [0.4, 0.5) is 0 Å². The van der Waals surface area contributed by atoms with Crippen molar-refractivity contribution in [2.24, 2.45) is 0 Å². The van der Waals surface area contributed by atoms with E-state index in [1.165, 1.54) is 0 Å². The fourth-order valence-corrected chi connectivity index (χ4v) is 1.86. The van der Waals surface area contributed by atoms with E-state index in [-0.39, 0.29) is 18.6 Å². The van der Waals surface area contributed by atoms with Crippen molar-refractivity contribution in [2.45, 2.75) is 32.4 Å². The number of carboxylic acid groups (broad SMARTS) is 1. The summed E-state index contributed by atoms with van der Waals surface area (Å²) in [5.74, 6) is -0.764. The fourth-order valence-electron chi connectivity index (χ4n) is 1.86. The first kappa shape index (κ1) is 13.4. The fraction of sp³-hybridized carbons (Fsp3) is 0.909. The first-order valence-electron chi connectivity index (χ1n) is 5.91. The summed E-state index contributed by atoms with van der Waals surface area (Å²) < 4.78 is 5.61. The van der Waals surface area contributed by atoms with Crippen LogP contribution in [0.2, 0.25) is 0 Å². The average molecular weight is 230 g/mol. The maximum absolute atomic E-state index is 10.5. The molecule has 1 rings (SSSR count). The van der Waals surface area contributed by atoms with E-state index in [2.05, 4.69) is 17.1 Å². The summed E-state index contributed by atoms with van der Waals surface area (Å²) in [5.41, 5.74) is 0. The first-order valence-corrected chi connectivity index (χ1v) is 5.91. The normalized spacial score (nSPS) is 24.2. The molecule has 2 atom stereocenters. The number of rotatable bonds is 6. The van der Waals surface area contributed by atoms with Gasteiger partial charge in [0.15, 0.2) is 0 Å². The minimum atomic E-state index is -0.764.